The Hall–Kier alpha value is -3.18. The monoisotopic (exact) mass is 429 g/mol. The average Bonchev–Trinajstić information content (AvgIpc) is 3.14. The van der Waals surface area contributed by atoms with Gasteiger partial charge in [-0.1, -0.05) is 36.4 Å². The first-order valence-electron chi connectivity index (χ1n) is 11.4. The SMILES string of the molecule is CCn1c2ccccc2c2cc(NC(=O)C3CCN(Cc4ccccc4F)CC3)ccc21. The number of rotatable bonds is 5. The van der Waals surface area contributed by atoms with E-state index in [4.69, 9.17) is 0 Å². The smallest absolute Gasteiger partial charge is 0.227 e. The van der Waals surface area contributed by atoms with Gasteiger partial charge in [0.25, 0.3) is 0 Å². The molecule has 4 nitrogen and oxygen atoms in total. The molecular formula is C27H28FN3O. The topological polar surface area (TPSA) is 37.3 Å². The largest absolute Gasteiger partial charge is 0.341 e. The molecule has 2 heterocycles. The molecule has 0 saturated carbocycles. The summed E-state index contributed by atoms with van der Waals surface area (Å²) in [6, 6.07) is 21.5. The third kappa shape index (κ3) is 3.89. The molecule has 1 amide bonds. The number of piperidine rings is 1. The second kappa shape index (κ2) is 8.75. The molecule has 5 rings (SSSR count). The van der Waals surface area contributed by atoms with Crippen LogP contribution in [0.25, 0.3) is 21.8 Å². The van der Waals surface area contributed by atoms with Gasteiger partial charge in [-0.3, -0.25) is 9.69 Å². The van der Waals surface area contributed by atoms with Gasteiger partial charge >= 0.3 is 0 Å². The molecule has 1 N–H and O–H groups in total. The van der Waals surface area contributed by atoms with E-state index in [1.807, 2.05) is 18.2 Å². The number of likely N-dealkylation sites (tertiary alicyclic amines) is 1. The number of halogens is 1. The number of amides is 1. The Balaban J connectivity index is 1.26. The number of anilines is 1. The Morgan fingerprint density at radius 1 is 0.969 bits per heavy atom. The van der Waals surface area contributed by atoms with Gasteiger partial charge in [0.1, 0.15) is 5.82 Å². The number of hydrogen-bond donors (Lipinski definition) is 1. The fourth-order valence-corrected chi connectivity index (χ4v) is 4.94. The van der Waals surface area contributed by atoms with Crippen LogP contribution in [0.3, 0.4) is 0 Å². The molecule has 0 atom stereocenters. The van der Waals surface area contributed by atoms with Crippen LogP contribution >= 0.6 is 0 Å². The molecule has 0 bridgehead atoms. The Morgan fingerprint density at radius 2 is 1.69 bits per heavy atom. The molecule has 32 heavy (non-hydrogen) atoms. The molecule has 5 heteroatoms. The van der Waals surface area contributed by atoms with Crippen molar-refractivity contribution in [3.8, 4) is 0 Å². The van der Waals surface area contributed by atoms with Gasteiger partial charge in [-0.05, 0) is 63.2 Å². The standard InChI is InChI=1S/C27H28FN3O/c1-2-31-25-10-6-4-8-22(25)23-17-21(11-12-26(23)31)29-27(32)19-13-15-30(16-14-19)18-20-7-3-5-9-24(20)28/h3-12,17,19H,2,13-16,18H2,1H3,(H,29,32). The second-order valence-electron chi connectivity index (χ2n) is 8.62. The summed E-state index contributed by atoms with van der Waals surface area (Å²) in [6.45, 7) is 5.26. The minimum absolute atomic E-state index is 0.0143. The van der Waals surface area contributed by atoms with Crippen molar-refractivity contribution in [1.29, 1.82) is 0 Å². The quantitative estimate of drug-likeness (QED) is 0.435. The van der Waals surface area contributed by atoms with Crippen LogP contribution in [0, 0.1) is 11.7 Å². The first-order valence-corrected chi connectivity index (χ1v) is 11.4. The molecule has 1 saturated heterocycles. The molecule has 1 aliphatic rings. The first kappa shape index (κ1) is 20.7. The number of fused-ring (bicyclic) bond motifs is 3. The zero-order chi connectivity index (χ0) is 22.1. The summed E-state index contributed by atoms with van der Waals surface area (Å²) in [4.78, 5) is 15.2. The maximum absolute atomic E-state index is 13.9. The van der Waals surface area contributed by atoms with Crippen LogP contribution in [-0.4, -0.2) is 28.5 Å². The average molecular weight is 430 g/mol. The number of hydrogen-bond acceptors (Lipinski definition) is 2. The van der Waals surface area contributed by atoms with Crippen molar-refractivity contribution < 1.29 is 9.18 Å². The third-order valence-corrected chi connectivity index (χ3v) is 6.67. The fraction of sp³-hybridized carbons (Fsp3) is 0.296. The molecule has 3 aromatic carbocycles. The van der Waals surface area contributed by atoms with Crippen LogP contribution < -0.4 is 5.32 Å². The van der Waals surface area contributed by atoms with Crippen molar-refractivity contribution in [3.05, 3.63) is 78.1 Å². The number of benzene rings is 3. The summed E-state index contributed by atoms with van der Waals surface area (Å²) >= 11 is 0. The van der Waals surface area contributed by atoms with Gasteiger partial charge in [0, 0.05) is 52.1 Å². The minimum Gasteiger partial charge on any atom is -0.341 e. The lowest BCUT2D eigenvalue weighted by Crippen LogP contribution is -2.37. The van der Waals surface area contributed by atoms with E-state index in [1.165, 1.54) is 27.9 Å². The summed E-state index contributed by atoms with van der Waals surface area (Å²) in [5.41, 5.74) is 3.97. The van der Waals surface area contributed by atoms with Gasteiger partial charge in [-0.25, -0.2) is 4.39 Å². The molecule has 164 valence electrons. The van der Waals surface area contributed by atoms with Crippen LogP contribution in [-0.2, 0) is 17.9 Å². The number of aryl methyl sites for hydroxylation is 1. The number of carbonyl (C=O) groups is 1. The Kier molecular flexibility index (Phi) is 5.66. The van der Waals surface area contributed by atoms with Crippen molar-refractivity contribution >= 4 is 33.4 Å². The summed E-state index contributed by atoms with van der Waals surface area (Å²) in [5, 5.41) is 5.52. The lowest BCUT2D eigenvalue weighted by molar-refractivity contribution is -0.121. The van der Waals surface area contributed by atoms with Crippen molar-refractivity contribution in [2.45, 2.75) is 32.9 Å². The Morgan fingerprint density at radius 3 is 2.47 bits per heavy atom. The molecule has 0 radical (unpaired) electrons. The highest BCUT2D eigenvalue weighted by atomic mass is 19.1. The zero-order valence-corrected chi connectivity index (χ0v) is 18.4. The number of aromatic nitrogens is 1. The Bertz CT molecular complexity index is 1270. The van der Waals surface area contributed by atoms with Crippen LogP contribution in [0.15, 0.2) is 66.7 Å². The maximum Gasteiger partial charge on any atom is 0.227 e. The Labute approximate surface area is 187 Å². The summed E-state index contributed by atoms with van der Waals surface area (Å²) in [6.07, 6.45) is 1.58. The van der Waals surface area contributed by atoms with Gasteiger partial charge in [-0.2, -0.15) is 0 Å². The van der Waals surface area contributed by atoms with E-state index in [-0.39, 0.29) is 17.6 Å². The summed E-state index contributed by atoms with van der Waals surface area (Å²) < 4.78 is 16.2. The van der Waals surface area contributed by atoms with Gasteiger partial charge < -0.3 is 9.88 Å². The van der Waals surface area contributed by atoms with E-state index >= 15 is 0 Å². The van der Waals surface area contributed by atoms with Crippen LogP contribution in [0.5, 0.6) is 0 Å². The molecular weight excluding hydrogens is 401 g/mol. The normalized spacial score (nSPS) is 15.4. The van der Waals surface area contributed by atoms with Gasteiger partial charge in [-0.15, -0.1) is 0 Å². The number of nitrogens with zero attached hydrogens (tertiary/aromatic N) is 2. The highest BCUT2D eigenvalue weighted by Gasteiger charge is 2.25. The molecule has 0 spiro atoms. The van der Waals surface area contributed by atoms with E-state index in [9.17, 15) is 9.18 Å². The predicted octanol–water partition coefficient (Wildman–Crippen LogP) is 5.80. The number of nitrogens with one attached hydrogen (secondary N) is 1. The summed E-state index contributed by atoms with van der Waals surface area (Å²) in [7, 11) is 0. The molecule has 1 aliphatic heterocycles. The lowest BCUT2D eigenvalue weighted by Gasteiger charge is -2.31. The van der Waals surface area contributed by atoms with Gasteiger partial charge in [0.2, 0.25) is 5.91 Å². The van der Waals surface area contributed by atoms with Crippen molar-refractivity contribution in [3.63, 3.8) is 0 Å². The van der Waals surface area contributed by atoms with E-state index in [0.717, 1.165) is 43.7 Å². The van der Waals surface area contributed by atoms with Crippen LogP contribution in [0.2, 0.25) is 0 Å². The number of para-hydroxylation sites is 1. The van der Waals surface area contributed by atoms with Crippen molar-refractivity contribution in [2.75, 3.05) is 18.4 Å². The minimum atomic E-state index is -0.160. The van der Waals surface area contributed by atoms with Crippen molar-refractivity contribution in [1.82, 2.24) is 9.47 Å². The molecule has 4 aromatic rings. The lowest BCUT2D eigenvalue weighted by atomic mass is 9.95. The van der Waals surface area contributed by atoms with Crippen LogP contribution in [0.4, 0.5) is 10.1 Å². The van der Waals surface area contributed by atoms with E-state index in [0.29, 0.717) is 6.54 Å². The number of carbonyl (C=O) groups excluding carboxylic acids is 1. The third-order valence-electron chi connectivity index (χ3n) is 6.67. The molecule has 0 aliphatic carbocycles. The highest BCUT2D eigenvalue weighted by Crippen LogP contribution is 2.31. The molecule has 1 fully saturated rings. The highest BCUT2D eigenvalue weighted by molar-refractivity contribution is 6.09. The van der Waals surface area contributed by atoms with E-state index in [1.54, 1.807) is 6.07 Å². The predicted molar refractivity (Wildman–Crippen MR) is 128 cm³/mol. The van der Waals surface area contributed by atoms with Gasteiger partial charge in [0.05, 0.1) is 0 Å². The zero-order valence-electron chi connectivity index (χ0n) is 18.4. The van der Waals surface area contributed by atoms with E-state index < -0.39 is 0 Å². The fourth-order valence-electron chi connectivity index (χ4n) is 4.94. The maximum atomic E-state index is 13.9. The molecule has 1 aromatic heterocycles. The first-order chi connectivity index (χ1) is 15.6. The van der Waals surface area contributed by atoms with E-state index in [2.05, 4.69) is 58.1 Å². The van der Waals surface area contributed by atoms with Crippen molar-refractivity contribution in [2.24, 2.45) is 5.92 Å². The van der Waals surface area contributed by atoms with Crippen LogP contribution in [0.1, 0.15) is 25.3 Å². The molecule has 0 unspecified atom stereocenters. The second-order valence-corrected chi connectivity index (χ2v) is 8.62. The van der Waals surface area contributed by atoms with Gasteiger partial charge in [0.15, 0.2) is 0 Å². The summed E-state index contributed by atoms with van der Waals surface area (Å²) in [5.74, 6) is -0.0964.